The van der Waals surface area contributed by atoms with Crippen molar-refractivity contribution >= 4 is 16.7 Å². The van der Waals surface area contributed by atoms with Crippen LogP contribution in [-0.2, 0) is 0 Å². The van der Waals surface area contributed by atoms with Gasteiger partial charge in [0.2, 0.25) is 5.95 Å². The first-order chi connectivity index (χ1) is 13.1. The summed E-state index contributed by atoms with van der Waals surface area (Å²) >= 11 is 0. The molecule has 0 spiro atoms. The van der Waals surface area contributed by atoms with E-state index >= 15 is 0 Å². The summed E-state index contributed by atoms with van der Waals surface area (Å²) in [4.78, 5) is 34.7. The van der Waals surface area contributed by atoms with Crippen molar-refractivity contribution in [1.82, 2.24) is 19.7 Å². The summed E-state index contributed by atoms with van der Waals surface area (Å²) in [6.45, 7) is 3.61. The summed E-state index contributed by atoms with van der Waals surface area (Å²) < 4.78 is 1.40. The Bertz CT molecular complexity index is 1060. The fourth-order valence-corrected chi connectivity index (χ4v) is 3.62. The zero-order chi connectivity index (χ0) is 18.8. The van der Waals surface area contributed by atoms with E-state index in [1.54, 1.807) is 12.3 Å². The van der Waals surface area contributed by atoms with Crippen molar-refractivity contribution in [3.05, 3.63) is 62.9 Å². The normalized spacial score (nSPS) is 16.3. The molecule has 1 N–H and O–H groups in total. The van der Waals surface area contributed by atoms with Crippen molar-refractivity contribution in [3.63, 3.8) is 0 Å². The molecule has 1 saturated heterocycles. The smallest absolute Gasteiger partial charge is 0.275 e. The fraction of sp³-hybridized carbons (Fsp3) is 0.400. The fourth-order valence-electron chi connectivity index (χ4n) is 3.62. The molecule has 0 bridgehead atoms. The van der Waals surface area contributed by atoms with Crippen LogP contribution in [-0.4, -0.2) is 32.8 Å². The maximum Gasteiger partial charge on any atom is 0.275 e. The molecule has 1 aliphatic heterocycles. The monoisotopic (exact) mass is 365 g/mol. The number of nitrogens with zero attached hydrogens (tertiary/aromatic N) is 4. The zero-order valence-electron chi connectivity index (χ0n) is 15.4. The number of anilines is 1. The summed E-state index contributed by atoms with van der Waals surface area (Å²) in [5.41, 5.74) is 0.154. The van der Waals surface area contributed by atoms with Crippen LogP contribution >= 0.6 is 0 Å². The van der Waals surface area contributed by atoms with Crippen LogP contribution in [0.15, 0.2) is 46.1 Å². The topological polar surface area (TPSA) is 83.9 Å². The third-order valence-corrected chi connectivity index (χ3v) is 5.17. The third kappa shape index (κ3) is 3.49. The van der Waals surface area contributed by atoms with Gasteiger partial charge in [0, 0.05) is 24.5 Å². The second-order valence-electron chi connectivity index (χ2n) is 7.05. The van der Waals surface area contributed by atoms with Gasteiger partial charge in [0.15, 0.2) is 0 Å². The number of hydrogen-bond acceptors (Lipinski definition) is 5. The first-order valence-corrected chi connectivity index (χ1v) is 9.46. The van der Waals surface area contributed by atoms with Gasteiger partial charge in [-0.05, 0) is 25.8 Å². The van der Waals surface area contributed by atoms with Crippen molar-refractivity contribution in [3.8, 4) is 0 Å². The lowest BCUT2D eigenvalue weighted by atomic mass is 10.2. The van der Waals surface area contributed by atoms with Crippen molar-refractivity contribution in [2.24, 2.45) is 0 Å². The van der Waals surface area contributed by atoms with E-state index in [2.05, 4.69) is 20.0 Å². The van der Waals surface area contributed by atoms with E-state index in [9.17, 15) is 9.59 Å². The first-order valence-electron chi connectivity index (χ1n) is 9.46. The Morgan fingerprint density at radius 2 is 1.81 bits per heavy atom. The molecule has 7 nitrogen and oxygen atoms in total. The average Bonchev–Trinajstić information content (AvgIpc) is 2.97. The highest BCUT2D eigenvalue weighted by atomic mass is 16.1. The Morgan fingerprint density at radius 3 is 2.59 bits per heavy atom. The quantitative estimate of drug-likeness (QED) is 0.771. The van der Waals surface area contributed by atoms with E-state index in [4.69, 9.17) is 0 Å². The summed E-state index contributed by atoms with van der Waals surface area (Å²) in [5.74, 6) is 0.583. The molecule has 0 amide bonds. The summed E-state index contributed by atoms with van der Waals surface area (Å²) in [5, 5.41) is 5.72. The highest BCUT2D eigenvalue weighted by molar-refractivity contribution is 5.80. The van der Waals surface area contributed by atoms with Crippen LogP contribution in [0.2, 0.25) is 0 Å². The van der Waals surface area contributed by atoms with Crippen LogP contribution in [0.25, 0.3) is 10.8 Å². The molecule has 140 valence electrons. The molecule has 7 heteroatoms. The molecule has 4 rings (SSSR count). The maximum atomic E-state index is 12.8. The highest BCUT2D eigenvalue weighted by Crippen LogP contribution is 2.18. The molecule has 0 aliphatic carbocycles. The largest absolute Gasteiger partial charge is 0.342 e. The number of rotatable bonds is 3. The molecule has 0 unspecified atom stereocenters. The van der Waals surface area contributed by atoms with E-state index < -0.39 is 6.04 Å². The molecule has 0 saturated carbocycles. The third-order valence-electron chi connectivity index (χ3n) is 5.17. The van der Waals surface area contributed by atoms with Gasteiger partial charge >= 0.3 is 0 Å². The van der Waals surface area contributed by atoms with Crippen molar-refractivity contribution in [2.75, 3.05) is 18.0 Å². The number of hydrogen-bond donors (Lipinski definition) is 1. The number of nitrogens with one attached hydrogen (secondary N) is 1. The predicted molar refractivity (Wildman–Crippen MR) is 105 cm³/mol. The van der Waals surface area contributed by atoms with E-state index in [0.717, 1.165) is 31.3 Å². The Balaban J connectivity index is 1.74. The van der Waals surface area contributed by atoms with Gasteiger partial charge in [-0.1, -0.05) is 31.0 Å². The Morgan fingerprint density at radius 1 is 1.07 bits per heavy atom. The van der Waals surface area contributed by atoms with Crippen LogP contribution < -0.4 is 16.0 Å². The Kier molecular flexibility index (Phi) is 4.75. The number of benzene rings is 1. The molecule has 1 atom stereocenters. The van der Waals surface area contributed by atoms with E-state index in [1.165, 1.54) is 23.6 Å². The van der Waals surface area contributed by atoms with Crippen LogP contribution in [0.4, 0.5) is 5.95 Å². The molecule has 1 aromatic carbocycles. The Hall–Kier alpha value is -2.96. The molecule has 27 heavy (non-hydrogen) atoms. The lowest BCUT2D eigenvalue weighted by Crippen LogP contribution is -2.31. The van der Waals surface area contributed by atoms with Crippen LogP contribution in [0.5, 0.6) is 0 Å². The minimum atomic E-state index is -0.435. The summed E-state index contributed by atoms with van der Waals surface area (Å²) in [6.07, 6.45) is 6.26. The number of aromatic nitrogens is 4. The Labute approximate surface area is 156 Å². The average molecular weight is 365 g/mol. The van der Waals surface area contributed by atoms with Crippen molar-refractivity contribution < 1.29 is 0 Å². The van der Waals surface area contributed by atoms with E-state index in [1.807, 2.05) is 25.1 Å². The van der Waals surface area contributed by atoms with Crippen molar-refractivity contribution in [2.45, 2.75) is 38.6 Å². The zero-order valence-corrected chi connectivity index (χ0v) is 15.4. The van der Waals surface area contributed by atoms with Gasteiger partial charge in [-0.25, -0.2) is 9.67 Å². The van der Waals surface area contributed by atoms with Crippen molar-refractivity contribution in [1.29, 1.82) is 0 Å². The molecule has 0 radical (unpaired) electrons. The molecule has 3 heterocycles. The maximum absolute atomic E-state index is 12.8. The minimum absolute atomic E-state index is 0.181. The lowest BCUT2D eigenvalue weighted by Gasteiger charge is -2.22. The summed E-state index contributed by atoms with van der Waals surface area (Å²) in [6, 6.07) is 8.38. The highest BCUT2D eigenvalue weighted by Gasteiger charge is 2.18. The lowest BCUT2D eigenvalue weighted by molar-refractivity contribution is 0.523. The van der Waals surface area contributed by atoms with Gasteiger partial charge < -0.3 is 4.90 Å². The number of aromatic amines is 1. The predicted octanol–water partition coefficient (Wildman–Crippen LogP) is 2.47. The molecular weight excluding hydrogens is 342 g/mol. The summed E-state index contributed by atoms with van der Waals surface area (Å²) in [7, 11) is 0. The molecule has 2 aromatic heterocycles. The van der Waals surface area contributed by atoms with E-state index in [-0.39, 0.29) is 11.1 Å². The van der Waals surface area contributed by atoms with Crippen LogP contribution in [0.1, 0.15) is 44.3 Å². The minimum Gasteiger partial charge on any atom is -0.342 e. The SMILES string of the molecule is C[C@@H](c1cc(=O)[nH]c(N2CCCCCC2)n1)n1ncc2ccccc2c1=O. The van der Waals surface area contributed by atoms with Gasteiger partial charge in [-0.15, -0.1) is 0 Å². The second-order valence-corrected chi connectivity index (χ2v) is 7.05. The molecular formula is C20H23N5O2. The second kappa shape index (κ2) is 7.34. The van der Waals surface area contributed by atoms with Gasteiger partial charge in [0.25, 0.3) is 11.1 Å². The van der Waals surface area contributed by atoms with E-state index in [0.29, 0.717) is 17.0 Å². The van der Waals surface area contributed by atoms with Gasteiger partial charge in [0.1, 0.15) is 0 Å². The molecule has 1 aliphatic rings. The van der Waals surface area contributed by atoms with Gasteiger partial charge in [0.05, 0.1) is 23.3 Å². The van der Waals surface area contributed by atoms with Crippen LogP contribution in [0, 0.1) is 0 Å². The standard InChI is InChI=1S/C20H23N5O2/c1-14(25-19(27)16-9-5-4-8-15(16)13-21-25)17-12-18(26)23-20(22-17)24-10-6-2-3-7-11-24/h4-5,8-9,12-14H,2-3,6-7,10-11H2,1H3,(H,22,23,26)/t14-/m0/s1. The molecule has 3 aromatic rings. The number of H-pyrrole nitrogens is 1. The molecule has 1 fully saturated rings. The number of fused-ring (bicyclic) bond motifs is 1. The van der Waals surface area contributed by atoms with Gasteiger partial charge in [-0.2, -0.15) is 5.10 Å². The van der Waals surface area contributed by atoms with Crippen LogP contribution in [0.3, 0.4) is 0 Å². The first kappa shape index (κ1) is 17.5. The van der Waals surface area contributed by atoms with Gasteiger partial charge in [-0.3, -0.25) is 14.6 Å².